The van der Waals surface area contributed by atoms with Crippen molar-refractivity contribution in [2.45, 2.75) is 32.4 Å². The lowest BCUT2D eigenvalue weighted by Crippen LogP contribution is -2.46. The molecular weight excluding hydrogens is 266 g/mol. The van der Waals surface area contributed by atoms with Gasteiger partial charge in [-0.05, 0) is 25.1 Å². The third kappa shape index (κ3) is 3.94. The molecule has 0 radical (unpaired) electrons. The topological polar surface area (TPSA) is 46.6 Å². The maximum atomic E-state index is 12.1. The zero-order valence-electron chi connectivity index (χ0n) is 12.4. The van der Waals surface area contributed by atoms with Gasteiger partial charge in [-0.3, -0.25) is 4.79 Å². The molecule has 1 aromatic carbocycles. The first-order valence-electron chi connectivity index (χ1n) is 7.25. The minimum Gasteiger partial charge on any atom is -0.458 e. The number of benzene rings is 1. The van der Waals surface area contributed by atoms with Gasteiger partial charge in [0.15, 0.2) is 0 Å². The predicted molar refractivity (Wildman–Crippen MR) is 80.8 cm³/mol. The lowest BCUT2D eigenvalue weighted by atomic mass is 9.92. The van der Waals surface area contributed by atoms with Gasteiger partial charge in [0.2, 0.25) is 0 Å². The van der Waals surface area contributed by atoms with Crippen LogP contribution in [0.1, 0.15) is 30.6 Å². The van der Waals surface area contributed by atoms with E-state index in [1.165, 1.54) is 6.08 Å². The highest BCUT2D eigenvalue weighted by molar-refractivity contribution is 5.89. The average molecular weight is 287 g/mol. The van der Waals surface area contributed by atoms with Crippen LogP contribution in [0.15, 0.2) is 42.6 Å². The molecular formula is C17H21NO3. The molecule has 21 heavy (non-hydrogen) atoms. The summed E-state index contributed by atoms with van der Waals surface area (Å²) in [6.45, 7) is 4.92. The number of hydrogen-bond donors (Lipinski definition) is 0. The first-order chi connectivity index (χ1) is 10.1. The second-order valence-electron chi connectivity index (χ2n) is 5.55. The number of carbonyl (C=O) groups is 2. The van der Waals surface area contributed by atoms with Crippen LogP contribution >= 0.6 is 0 Å². The lowest BCUT2D eigenvalue weighted by Gasteiger charge is -2.40. The summed E-state index contributed by atoms with van der Waals surface area (Å²) in [5.74, 6) is -0.0401. The number of carbonyl (C=O) groups excluding carboxylic acids is 2. The standard InChI is InChI=1S/C17H21NO3/c1-13-12-18(9-6-10-19)14(2)11-16(13)21-17(20)15-7-4-3-5-8-15/h3-10,13-14,16H,11-12H2,1-2H3/b9-6+/t13-,14+,16-/m1/s1. The molecule has 1 aliphatic rings. The number of aldehydes is 1. The van der Waals surface area contributed by atoms with Crippen molar-refractivity contribution >= 4 is 12.3 Å². The lowest BCUT2D eigenvalue weighted by molar-refractivity contribution is -0.104. The molecule has 4 nitrogen and oxygen atoms in total. The molecule has 3 atom stereocenters. The number of hydrogen-bond acceptors (Lipinski definition) is 4. The first kappa shape index (κ1) is 15.3. The number of piperidine rings is 1. The molecule has 1 saturated heterocycles. The van der Waals surface area contributed by atoms with Gasteiger partial charge >= 0.3 is 5.97 Å². The number of allylic oxidation sites excluding steroid dienone is 1. The van der Waals surface area contributed by atoms with Crippen molar-refractivity contribution in [1.29, 1.82) is 0 Å². The van der Waals surface area contributed by atoms with Crippen molar-refractivity contribution in [2.75, 3.05) is 6.54 Å². The van der Waals surface area contributed by atoms with Crippen LogP contribution in [-0.2, 0) is 9.53 Å². The van der Waals surface area contributed by atoms with Gasteiger partial charge in [0, 0.05) is 31.1 Å². The zero-order valence-corrected chi connectivity index (χ0v) is 12.4. The predicted octanol–water partition coefficient (Wildman–Crippen LogP) is 2.65. The first-order valence-corrected chi connectivity index (χ1v) is 7.25. The van der Waals surface area contributed by atoms with Gasteiger partial charge < -0.3 is 9.64 Å². The minimum absolute atomic E-state index is 0.0893. The van der Waals surface area contributed by atoms with Gasteiger partial charge in [-0.25, -0.2) is 4.79 Å². The Hall–Kier alpha value is -2.10. The van der Waals surface area contributed by atoms with Crippen molar-refractivity contribution in [3.8, 4) is 0 Å². The minimum atomic E-state index is -0.267. The molecule has 0 amide bonds. The summed E-state index contributed by atoms with van der Waals surface area (Å²) in [5, 5.41) is 0. The Morgan fingerprint density at radius 2 is 2.00 bits per heavy atom. The summed E-state index contributed by atoms with van der Waals surface area (Å²) in [6.07, 6.45) is 4.76. The molecule has 1 heterocycles. The normalized spacial score (nSPS) is 25.8. The van der Waals surface area contributed by atoms with Crippen LogP contribution in [0.4, 0.5) is 0 Å². The zero-order chi connectivity index (χ0) is 15.2. The maximum Gasteiger partial charge on any atom is 0.338 e. The van der Waals surface area contributed by atoms with Crippen molar-refractivity contribution in [3.05, 3.63) is 48.2 Å². The van der Waals surface area contributed by atoms with Crippen LogP contribution < -0.4 is 0 Å². The van der Waals surface area contributed by atoms with E-state index in [9.17, 15) is 9.59 Å². The molecule has 0 bridgehead atoms. The van der Waals surface area contributed by atoms with Crippen LogP contribution in [0.2, 0.25) is 0 Å². The number of rotatable bonds is 4. The fraction of sp³-hybridized carbons (Fsp3) is 0.412. The Labute approximate surface area is 125 Å². The third-order valence-corrected chi connectivity index (χ3v) is 3.90. The fourth-order valence-electron chi connectivity index (χ4n) is 2.63. The SMILES string of the molecule is C[C@@H]1CN(/C=C/C=O)[C@@H](C)C[C@H]1OC(=O)c1ccccc1. The van der Waals surface area contributed by atoms with Gasteiger partial charge in [0.1, 0.15) is 12.4 Å². The largest absolute Gasteiger partial charge is 0.458 e. The Kier molecular flexibility index (Phi) is 5.14. The Bertz CT molecular complexity index is 512. The number of likely N-dealkylation sites (tertiary alicyclic amines) is 1. The summed E-state index contributed by atoms with van der Waals surface area (Å²) in [5.41, 5.74) is 0.584. The molecule has 1 fully saturated rings. The van der Waals surface area contributed by atoms with Gasteiger partial charge in [0.05, 0.1) is 5.56 Å². The second kappa shape index (κ2) is 7.07. The van der Waals surface area contributed by atoms with E-state index >= 15 is 0 Å². The van der Waals surface area contributed by atoms with E-state index in [4.69, 9.17) is 4.74 Å². The molecule has 4 heteroatoms. The molecule has 0 saturated carbocycles. The number of esters is 1. The van der Waals surface area contributed by atoms with Crippen LogP contribution in [0.5, 0.6) is 0 Å². The van der Waals surface area contributed by atoms with Crippen LogP contribution in [0, 0.1) is 5.92 Å². The Morgan fingerprint density at radius 3 is 2.67 bits per heavy atom. The monoisotopic (exact) mass is 287 g/mol. The highest BCUT2D eigenvalue weighted by Crippen LogP contribution is 2.25. The van der Waals surface area contributed by atoms with Crippen molar-refractivity contribution in [2.24, 2.45) is 5.92 Å². The van der Waals surface area contributed by atoms with Gasteiger partial charge in [-0.15, -0.1) is 0 Å². The van der Waals surface area contributed by atoms with Crippen molar-refractivity contribution in [3.63, 3.8) is 0 Å². The second-order valence-corrected chi connectivity index (χ2v) is 5.55. The highest BCUT2D eigenvalue weighted by atomic mass is 16.5. The van der Waals surface area contributed by atoms with Crippen LogP contribution in [0.25, 0.3) is 0 Å². The van der Waals surface area contributed by atoms with Gasteiger partial charge in [-0.2, -0.15) is 0 Å². The van der Waals surface area contributed by atoms with Gasteiger partial charge in [-0.1, -0.05) is 25.1 Å². The third-order valence-electron chi connectivity index (χ3n) is 3.90. The van der Waals surface area contributed by atoms with Crippen molar-refractivity contribution in [1.82, 2.24) is 4.90 Å². The Balaban J connectivity index is 1.98. The van der Waals surface area contributed by atoms with E-state index in [0.717, 1.165) is 19.3 Å². The molecule has 0 unspecified atom stereocenters. The van der Waals surface area contributed by atoms with E-state index in [1.54, 1.807) is 12.1 Å². The maximum absolute atomic E-state index is 12.1. The molecule has 1 aliphatic heterocycles. The Morgan fingerprint density at radius 1 is 1.29 bits per heavy atom. The quantitative estimate of drug-likeness (QED) is 0.485. The molecule has 0 spiro atoms. The van der Waals surface area contributed by atoms with E-state index in [-0.39, 0.29) is 24.0 Å². The van der Waals surface area contributed by atoms with E-state index in [1.807, 2.05) is 24.4 Å². The summed E-state index contributed by atoms with van der Waals surface area (Å²) in [4.78, 5) is 24.7. The van der Waals surface area contributed by atoms with E-state index in [0.29, 0.717) is 5.56 Å². The summed E-state index contributed by atoms with van der Waals surface area (Å²) in [6, 6.07) is 9.30. The fourth-order valence-corrected chi connectivity index (χ4v) is 2.63. The molecule has 1 aromatic rings. The summed E-state index contributed by atoms with van der Waals surface area (Å²) in [7, 11) is 0. The number of ether oxygens (including phenoxy) is 1. The van der Waals surface area contributed by atoms with Crippen molar-refractivity contribution < 1.29 is 14.3 Å². The van der Waals surface area contributed by atoms with E-state index in [2.05, 4.69) is 18.7 Å². The summed E-state index contributed by atoms with van der Waals surface area (Å²) < 4.78 is 5.65. The average Bonchev–Trinajstić information content (AvgIpc) is 2.50. The van der Waals surface area contributed by atoms with Gasteiger partial charge in [0.25, 0.3) is 0 Å². The number of nitrogens with zero attached hydrogens (tertiary/aromatic N) is 1. The summed E-state index contributed by atoms with van der Waals surface area (Å²) >= 11 is 0. The van der Waals surface area contributed by atoms with E-state index < -0.39 is 0 Å². The molecule has 2 rings (SSSR count). The highest BCUT2D eigenvalue weighted by Gasteiger charge is 2.32. The molecule has 0 N–H and O–H groups in total. The van der Waals surface area contributed by atoms with Crippen LogP contribution in [0.3, 0.4) is 0 Å². The molecule has 0 aliphatic carbocycles. The smallest absolute Gasteiger partial charge is 0.338 e. The van der Waals surface area contributed by atoms with Crippen LogP contribution in [-0.4, -0.2) is 35.8 Å². The molecule has 0 aromatic heterocycles. The molecule has 112 valence electrons.